The maximum absolute atomic E-state index is 2.56. The van der Waals surface area contributed by atoms with Crippen molar-refractivity contribution >= 4 is 21.8 Å². The third-order valence-electron chi connectivity index (χ3n) is 11.6. The molecule has 0 bridgehead atoms. The second-order valence-corrected chi connectivity index (χ2v) is 15.0. The first kappa shape index (κ1) is 28.4. The average Bonchev–Trinajstić information content (AvgIpc) is 3.67. The molecule has 49 heavy (non-hydrogen) atoms. The maximum atomic E-state index is 2.56. The molecule has 0 radical (unpaired) electrons. The maximum Gasteiger partial charge on any atom is 0.0544 e. The molecule has 2 aliphatic rings. The molecule has 0 aliphatic heterocycles. The molecule has 10 rings (SSSR count). The molecule has 0 unspecified atom stereocenters. The first-order valence-electron chi connectivity index (χ1n) is 17.4. The van der Waals surface area contributed by atoms with Crippen LogP contribution in [-0.4, -0.2) is 4.57 Å². The van der Waals surface area contributed by atoms with Crippen LogP contribution in [0.25, 0.3) is 72.0 Å². The lowest BCUT2D eigenvalue weighted by molar-refractivity contribution is 0.660. The molecule has 0 amide bonds. The Morgan fingerprint density at radius 2 is 0.755 bits per heavy atom. The number of hydrogen-bond acceptors (Lipinski definition) is 0. The number of hydrogen-bond donors (Lipinski definition) is 0. The van der Waals surface area contributed by atoms with E-state index in [-0.39, 0.29) is 10.8 Å². The van der Waals surface area contributed by atoms with Gasteiger partial charge in [-0.15, -0.1) is 0 Å². The Kier molecular flexibility index (Phi) is 5.75. The van der Waals surface area contributed by atoms with E-state index in [1.165, 1.54) is 94.3 Å². The Bertz CT molecular complexity index is 2450. The fourth-order valence-electron chi connectivity index (χ4n) is 9.02. The summed E-state index contributed by atoms with van der Waals surface area (Å²) in [6.45, 7) is 9.53. The zero-order valence-electron chi connectivity index (χ0n) is 28.4. The molecule has 0 N–H and O–H groups in total. The van der Waals surface area contributed by atoms with Crippen molar-refractivity contribution in [2.45, 2.75) is 38.5 Å². The highest BCUT2D eigenvalue weighted by Crippen LogP contribution is 2.54. The van der Waals surface area contributed by atoms with Gasteiger partial charge in [0.15, 0.2) is 0 Å². The highest BCUT2D eigenvalue weighted by Gasteiger charge is 2.38. The van der Waals surface area contributed by atoms with Crippen molar-refractivity contribution in [1.82, 2.24) is 4.57 Å². The van der Waals surface area contributed by atoms with Crippen LogP contribution in [0.3, 0.4) is 0 Å². The molecule has 2 aliphatic carbocycles. The van der Waals surface area contributed by atoms with Gasteiger partial charge in [0, 0.05) is 27.3 Å². The Morgan fingerprint density at radius 3 is 1.20 bits per heavy atom. The Hall–Kier alpha value is -5.66. The number of nitrogens with zero attached hydrogens (tertiary/aromatic N) is 1. The summed E-state index contributed by atoms with van der Waals surface area (Å²) in [5, 5.41) is 2.61. The first-order valence-corrected chi connectivity index (χ1v) is 17.4. The molecule has 0 fully saturated rings. The zero-order chi connectivity index (χ0) is 33.1. The van der Waals surface area contributed by atoms with Gasteiger partial charge in [-0.3, -0.25) is 0 Å². The first-order chi connectivity index (χ1) is 23.8. The summed E-state index contributed by atoms with van der Waals surface area (Å²) in [5.74, 6) is 0. The zero-order valence-corrected chi connectivity index (χ0v) is 28.4. The average molecular weight is 628 g/mol. The van der Waals surface area contributed by atoms with Crippen LogP contribution in [0.15, 0.2) is 152 Å². The van der Waals surface area contributed by atoms with E-state index < -0.39 is 0 Å². The molecular formula is C48H37N. The summed E-state index contributed by atoms with van der Waals surface area (Å²) in [5.41, 5.74) is 19.4. The van der Waals surface area contributed by atoms with E-state index in [9.17, 15) is 0 Å². The fraction of sp³-hybridized carbons (Fsp3) is 0.125. The van der Waals surface area contributed by atoms with Crippen molar-refractivity contribution < 1.29 is 0 Å². The predicted molar refractivity (Wildman–Crippen MR) is 207 cm³/mol. The van der Waals surface area contributed by atoms with Crippen LogP contribution in [0.1, 0.15) is 49.9 Å². The van der Waals surface area contributed by atoms with Crippen molar-refractivity contribution in [3.8, 4) is 50.2 Å². The van der Waals surface area contributed by atoms with Crippen LogP contribution in [-0.2, 0) is 10.8 Å². The molecule has 0 saturated heterocycles. The number of rotatable bonds is 3. The van der Waals surface area contributed by atoms with Crippen LogP contribution >= 0.6 is 0 Å². The van der Waals surface area contributed by atoms with Gasteiger partial charge in [-0.25, -0.2) is 0 Å². The number of fused-ring (bicyclic) bond motifs is 9. The van der Waals surface area contributed by atoms with Gasteiger partial charge < -0.3 is 4.57 Å². The van der Waals surface area contributed by atoms with Crippen LogP contribution in [0.2, 0.25) is 0 Å². The molecule has 7 aromatic carbocycles. The normalized spacial score (nSPS) is 14.9. The highest BCUT2D eigenvalue weighted by molar-refractivity contribution is 6.14. The van der Waals surface area contributed by atoms with Crippen LogP contribution in [0, 0.1) is 0 Å². The van der Waals surface area contributed by atoms with Gasteiger partial charge in [0.2, 0.25) is 0 Å². The lowest BCUT2D eigenvalue weighted by atomic mass is 9.82. The highest BCUT2D eigenvalue weighted by atomic mass is 15.0. The van der Waals surface area contributed by atoms with Crippen molar-refractivity contribution in [2.75, 3.05) is 0 Å². The second kappa shape index (κ2) is 9.94. The van der Waals surface area contributed by atoms with E-state index in [0.717, 1.165) is 0 Å². The fourth-order valence-corrected chi connectivity index (χ4v) is 9.02. The molecule has 8 aromatic rings. The second-order valence-electron chi connectivity index (χ2n) is 15.0. The van der Waals surface area contributed by atoms with Gasteiger partial charge in [0.1, 0.15) is 0 Å². The van der Waals surface area contributed by atoms with E-state index in [1.807, 2.05) is 0 Å². The number of aromatic nitrogens is 1. The Morgan fingerprint density at radius 1 is 0.347 bits per heavy atom. The largest absolute Gasteiger partial charge is 0.309 e. The topological polar surface area (TPSA) is 4.93 Å². The Balaban J connectivity index is 1.34. The van der Waals surface area contributed by atoms with Gasteiger partial charge in [0.25, 0.3) is 0 Å². The molecule has 234 valence electrons. The van der Waals surface area contributed by atoms with Gasteiger partial charge in [-0.1, -0.05) is 137 Å². The lowest BCUT2D eigenvalue weighted by Gasteiger charge is -2.22. The Labute approximate surface area is 288 Å². The molecule has 1 heteroatoms. The molecule has 0 atom stereocenters. The minimum atomic E-state index is -0.0921. The molecular weight excluding hydrogens is 591 g/mol. The predicted octanol–water partition coefficient (Wildman–Crippen LogP) is 12.7. The van der Waals surface area contributed by atoms with Crippen molar-refractivity contribution in [3.05, 3.63) is 174 Å². The van der Waals surface area contributed by atoms with Crippen LogP contribution < -0.4 is 0 Å². The van der Waals surface area contributed by atoms with E-state index in [0.29, 0.717) is 0 Å². The van der Waals surface area contributed by atoms with Crippen molar-refractivity contribution in [3.63, 3.8) is 0 Å². The molecule has 0 spiro atoms. The van der Waals surface area contributed by atoms with E-state index in [4.69, 9.17) is 0 Å². The summed E-state index contributed by atoms with van der Waals surface area (Å²) < 4.78 is 2.56. The third kappa shape index (κ3) is 3.93. The summed E-state index contributed by atoms with van der Waals surface area (Å²) in [4.78, 5) is 0. The van der Waals surface area contributed by atoms with Crippen LogP contribution in [0.4, 0.5) is 0 Å². The quantitative estimate of drug-likeness (QED) is 0.184. The van der Waals surface area contributed by atoms with Crippen LogP contribution in [0.5, 0.6) is 0 Å². The third-order valence-corrected chi connectivity index (χ3v) is 11.6. The summed E-state index contributed by atoms with van der Waals surface area (Å²) in [6, 6.07) is 56.7. The monoisotopic (exact) mass is 627 g/mol. The summed E-state index contributed by atoms with van der Waals surface area (Å²) in [7, 11) is 0. The summed E-state index contributed by atoms with van der Waals surface area (Å²) >= 11 is 0. The van der Waals surface area contributed by atoms with Gasteiger partial charge in [0.05, 0.1) is 11.0 Å². The standard InChI is InChI=1S/C48H37N/c1-47(2)41-21-13-11-19-35(41)37-26-39-40-27-38-36-20-12-14-22-42(36)48(3,4)44(38)29-46(40)49(45(39)28-43(37)47)34-24-32(30-15-7-5-8-16-30)23-33(25-34)31-17-9-6-10-18-31/h5-29H,1-4H3. The minimum absolute atomic E-state index is 0.0921. The molecule has 1 aromatic heterocycles. The van der Waals surface area contributed by atoms with E-state index >= 15 is 0 Å². The molecule has 1 nitrogen and oxygen atoms in total. The smallest absolute Gasteiger partial charge is 0.0544 e. The SMILES string of the molecule is CC1(C)c2ccccc2-c2cc3c4cc5c(cc4n(-c4cc(-c6ccccc6)cc(-c6ccccc6)c4)c3cc21)C(C)(C)c1ccccc1-5. The van der Waals surface area contributed by atoms with Gasteiger partial charge >= 0.3 is 0 Å². The number of benzene rings is 7. The summed E-state index contributed by atoms with van der Waals surface area (Å²) in [6.07, 6.45) is 0. The van der Waals surface area contributed by atoms with Crippen molar-refractivity contribution in [1.29, 1.82) is 0 Å². The molecule has 0 saturated carbocycles. The van der Waals surface area contributed by atoms with E-state index in [1.54, 1.807) is 0 Å². The van der Waals surface area contributed by atoms with Crippen molar-refractivity contribution in [2.24, 2.45) is 0 Å². The molecule has 1 heterocycles. The van der Waals surface area contributed by atoms with Gasteiger partial charge in [-0.2, -0.15) is 0 Å². The minimum Gasteiger partial charge on any atom is -0.309 e. The lowest BCUT2D eigenvalue weighted by Crippen LogP contribution is -2.15. The van der Waals surface area contributed by atoms with E-state index in [2.05, 4.69) is 184 Å². The van der Waals surface area contributed by atoms with Gasteiger partial charge in [-0.05, 0) is 109 Å².